The Morgan fingerprint density at radius 2 is 2.05 bits per heavy atom. The molecule has 20 heavy (non-hydrogen) atoms. The van der Waals surface area contributed by atoms with Crippen LogP contribution in [0.25, 0.3) is 0 Å². The second kappa shape index (κ2) is 7.57. The van der Waals surface area contributed by atoms with Gasteiger partial charge in [0.2, 0.25) is 0 Å². The summed E-state index contributed by atoms with van der Waals surface area (Å²) in [7, 11) is 0. The molecule has 1 aromatic rings. The summed E-state index contributed by atoms with van der Waals surface area (Å²) in [5.41, 5.74) is 8.29. The average Bonchev–Trinajstić information content (AvgIpc) is 3.07. The molecule has 1 aliphatic rings. The molecule has 2 N–H and O–H groups in total. The van der Waals surface area contributed by atoms with Crippen LogP contribution in [-0.4, -0.2) is 33.8 Å². The number of hydrogen-bond donors (Lipinski definition) is 1. The molecule has 1 saturated carbocycles. The lowest BCUT2D eigenvalue weighted by molar-refractivity contribution is 0.189. The van der Waals surface area contributed by atoms with Crippen LogP contribution in [0.5, 0.6) is 0 Å². The van der Waals surface area contributed by atoms with Crippen molar-refractivity contribution in [3.05, 3.63) is 15.9 Å². The molecular formula is C15H27BrN4. The zero-order valence-electron chi connectivity index (χ0n) is 12.7. The molecule has 0 spiro atoms. The van der Waals surface area contributed by atoms with E-state index in [4.69, 9.17) is 10.8 Å². The summed E-state index contributed by atoms with van der Waals surface area (Å²) in [6.45, 7) is 7.91. The number of halogens is 1. The summed E-state index contributed by atoms with van der Waals surface area (Å²) in [5.74, 6) is 0. The second-order valence-electron chi connectivity index (χ2n) is 5.57. The normalized spacial score (nSPS) is 16.4. The number of aryl methyl sites for hydroxylation is 2. The minimum atomic E-state index is 0.704. The second-order valence-corrected chi connectivity index (χ2v) is 6.37. The quantitative estimate of drug-likeness (QED) is 0.828. The highest BCUT2D eigenvalue weighted by Crippen LogP contribution is 2.28. The summed E-state index contributed by atoms with van der Waals surface area (Å²) in [6.07, 6.45) is 6.33. The third-order valence-electron chi connectivity index (χ3n) is 4.30. The lowest BCUT2D eigenvalue weighted by Crippen LogP contribution is -2.37. The summed E-state index contributed by atoms with van der Waals surface area (Å²) in [6, 6.07) is 0.704. The van der Waals surface area contributed by atoms with Crippen LogP contribution in [0.15, 0.2) is 4.47 Å². The fourth-order valence-electron chi connectivity index (χ4n) is 3.19. The van der Waals surface area contributed by atoms with E-state index in [1.807, 2.05) is 0 Å². The van der Waals surface area contributed by atoms with Crippen molar-refractivity contribution in [3.63, 3.8) is 0 Å². The SMILES string of the molecule is CCc1nn(CC)c(CN(CCN)C2CCCC2)c1Br. The van der Waals surface area contributed by atoms with Crippen LogP contribution in [0.3, 0.4) is 0 Å². The Labute approximate surface area is 130 Å². The molecule has 0 atom stereocenters. The Bertz CT molecular complexity index is 424. The Hall–Kier alpha value is -0.390. The zero-order chi connectivity index (χ0) is 14.5. The first-order chi connectivity index (χ1) is 9.71. The van der Waals surface area contributed by atoms with Crippen molar-refractivity contribution in [1.82, 2.24) is 14.7 Å². The van der Waals surface area contributed by atoms with Gasteiger partial charge in [0.05, 0.1) is 15.9 Å². The fraction of sp³-hybridized carbons (Fsp3) is 0.800. The van der Waals surface area contributed by atoms with Crippen molar-refractivity contribution in [1.29, 1.82) is 0 Å². The highest BCUT2D eigenvalue weighted by Gasteiger charge is 2.24. The molecule has 1 aliphatic carbocycles. The fourth-order valence-corrected chi connectivity index (χ4v) is 3.88. The highest BCUT2D eigenvalue weighted by atomic mass is 79.9. The number of aromatic nitrogens is 2. The van der Waals surface area contributed by atoms with Crippen LogP contribution in [0.1, 0.15) is 50.9 Å². The molecule has 4 nitrogen and oxygen atoms in total. The van der Waals surface area contributed by atoms with Crippen molar-refractivity contribution < 1.29 is 0 Å². The summed E-state index contributed by atoms with van der Waals surface area (Å²) in [5, 5.41) is 4.70. The van der Waals surface area contributed by atoms with Crippen molar-refractivity contribution in [2.75, 3.05) is 13.1 Å². The molecule has 0 bridgehead atoms. The summed E-state index contributed by atoms with van der Waals surface area (Å²) in [4.78, 5) is 2.56. The maximum atomic E-state index is 5.81. The van der Waals surface area contributed by atoms with E-state index in [-0.39, 0.29) is 0 Å². The van der Waals surface area contributed by atoms with E-state index in [0.29, 0.717) is 6.04 Å². The predicted molar refractivity (Wildman–Crippen MR) is 86.7 cm³/mol. The minimum absolute atomic E-state index is 0.704. The van der Waals surface area contributed by atoms with Crippen LogP contribution in [0.2, 0.25) is 0 Å². The van der Waals surface area contributed by atoms with Gasteiger partial charge in [-0.2, -0.15) is 5.10 Å². The highest BCUT2D eigenvalue weighted by molar-refractivity contribution is 9.10. The molecule has 114 valence electrons. The molecule has 0 amide bonds. The minimum Gasteiger partial charge on any atom is -0.329 e. The van der Waals surface area contributed by atoms with Gasteiger partial charge in [-0.25, -0.2) is 0 Å². The third kappa shape index (κ3) is 3.43. The smallest absolute Gasteiger partial charge is 0.0767 e. The van der Waals surface area contributed by atoms with Gasteiger partial charge in [0, 0.05) is 32.2 Å². The Morgan fingerprint density at radius 3 is 2.60 bits per heavy atom. The third-order valence-corrected chi connectivity index (χ3v) is 5.22. The first kappa shape index (κ1) is 16.0. The van der Waals surface area contributed by atoms with E-state index in [0.717, 1.165) is 32.6 Å². The van der Waals surface area contributed by atoms with Gasteiger partial charge in [-0.15, -0.1) is 0 Å². The topological polar surface area (TPSA) is 47.1 Å². The molecule has 1 heterocycles. The van der Waals surface area contributed by atoms with E-state index in [9.17, 15) is 0 Å². The lowest BCUT2D eigenvalue weighted by atomic mass is 10.2. The first-order valence-corrected chi connectivity index (χ1v) is 8.68. The number of hydrogen-bond acceptors (Lipinski definition) is 3. The molecule has 1 aromatic heterocycles. The van der Waals surface area contributed by atoms with Crippen LogP contribution in [0.4, 0.5) is 0 Å². The van der Waals surface area contributed by atoms with Gasteiger partial charge in [-0.1, -0.05) is 19.8 Å². The van der Waals surface area contributed by atoms with Gasteiger partial charge >= 0.3 is 0 Å². The Kier molecular flexibility index (Phi) is 6.05. The van der Waals surface area contributed by atoms with E-state index in [2.05, 4.69) is 39.4 Å². The molecule has 0 radical (unpaired) electrons. The van der Waals surface area contributed by atoms with Crippen LogP contribution in [-0.2, 0) is 19.5 Å². The molecule has 0 unspecified atom stereocenters. The van der Waals surface area contributed by atoms with Gasteiger partial charge in [0.15, 0.2) is 0 Å². The molecule has 0 aromatic carbocycles. The van der Waals surface area contributed by atoms with Crippen molar-refractivity contribution in [2.45, 2.75) is 65.1 Å². The molecule has 0 saturated heterocycles. The Balaban J connectivity index is 2.18. The van der Waals surface area contributed by atoms with Gasteiger partial charge < -0.3 is 5.73 Å². The number of nitrogens with two attached hydrogens (primary N) is 1. The monoisotopic (exact) mass is 342 g/mol. The van der Waals surface area contributed by atoms with Gasteiger partial charge in [-0.3, -0.25) is 9.58 Å². The molecule has 0 aliphatic heterocycles. The van der Waals surface area contributed by atoms with Crippen LogP contribution >= 0.6 is 15.9 Å². The average molecular weight is 343 g/mol. The van der Waals surface area contributed by atoms with Crippen molar-refractivity contribution in [2.24, 2.45) is 5.73 Å². The van der Waals surface area contributed by atoms with Crippen LogP contribution in [0, 0.1) is 0 Å². The van der Waals surface area contributed by atoms with Crippen molar-refractivity contribution >= 4 is 15.9 Å². The number of rotatable bonds is 7. The summed E-state index contributed by atoms with van der Waals surface area (Å²) >= 11 is 3.75. The molecular weight excluding hydrogens is 316 g/mol. The van der Waals surface area contributed by atoms with Gasteiger partial charge in [0.1, 0.15) is 0 Å². The molecule has 2 rings (SSSR count). The van der Waals surface area contributed by atoms with E-state index in [1.165, 1.54) is 41.5 Å². The van der Waals surface area contributed by atoms with E-state index >= 15 is 0 Å². The lowest BCUT2D eigenvalue weighted by Gasteiger charge is -2.28. The van der Waals surface area contributed by atoms with Crippen molar-refractivity contribution in [3.8, 4) is 0 Å². The zero-order valence-corrected chi connectivity index (χ0v) is 14.3. The number of nitrogens with zero attached hydrogens (tertiary/aromatic N) is 3. The molecule has 1 fully saturated rings. The standard InChI is InChI=1S/C15H27BrN4/c1-3-13-15(16)14(20(4-2)18-13)11-19(10-9-17)12-7-5-6-8-12/h12H,3-11,17H2,1-2H3. The van der Waals surface area contributed by atoms with E-state index < -0.39 is 0 Å². The molecule has 5 heteroatoms. The first-order valence-electron chi connectivity index (χ1n) is 7.89. The van der Waals surface area contributed by atoms with E-state index in [1.54, 1.807) is 0 Å². The maximum absolute atomic E-state index is 5.81. The maximum Gasteiger partial charge on any atom is 0.0767 e. The van der Waals surface area contributed by atoms with Gasteiger partial charge in [-0.05, 0) is 42.1 Å². The van der Waals surface area contributed by atoms with Crippen LogP contribution < -0.4 is 5.73 Å². The largest absolute Gasteiger partial charge is 0.329 e. The Morgan fingerprint density at radius 1 is 1.35 bits per heavy atom. The summed E-state index contributed by atoms with van der Waals surface area (Å²) < 4.78 is 3.34. The van der Waals surface area contributed by atoms with Gasteiger partial charge in [0.25, 0.3) is 0 Å². The predicted octanol–water partition coefficient (Wildman–Crippen LogP) is 2.93.